The molecule has 0 bridgehead atoms. The molecule has 1 fully saturated rings. The van der Waals surface area contributed by atoms with Crippen LogP contribution in [0.1, 0.15) is 0 Å². The number of amides is 1. The van der Waals surface area contributed by atoms with Crippen LogP contribution in [-0.4, -0.2) is 36.2 Å². The summed E-state index contributed by atoms with van der Waals surface area (Å²) < 4.78 is 33.7. The first kappa shape index (κ1) is 15.8. The fourth-order valence-corrected chi connectivity index (χ4v) is 2.88. The molecule has 0 aromatic heterocycles. The molecule has 1 amide bonds. The average Bonchev–Trinajstić information content (AvgIpc) is 2.71. The maximum atomic E-state index is 14.4. The lowest BCUT2D eigenvalue weighted by atomic mass is 10.2. The molecule has 8 heteroatoms. The van der Waals surface area contributed by atoms with Gasteiger partial charge in [-0.2, -0.15) is 0 Å². The Hall–Kier alpha value is -2.06. The van der Waals surface area contributed by atoms with Crippen molar-refractivity contribution in [3.63, 3.8) is 0 Å². The maximum absolute atomic E-state index is 14.4. The van der Waals surface area contributed by atoms with Crippen molar-refractivity contribution in [3.8, 4) is 0 Å². The van der Waals surface area contributed by atoms with E-state index in [1.165, 1.54) is 16.7 Å². The fourth-order valence-electron chi connectivity index (χ4n) is 2.36. The lowest BCUT2D eigenvalue weighted by molar-refractivity contribution is 0.0963. The third-order valence-electron chi connectivity index (χ3n) is 3.43. The van der Waals surface area contributed by atoms with Crippen LogP contribution in [0.15, 0.2) is 36.0 Å². The summed E-state index contributed by atoms with van der Waals surface area (Å²) in [5.41, 5.74) is -0.156. The minimum atomic E-state index is -0.790. The zero-order chi connectivity index (χ0) is 16.4. The number of carbonyl (C=O) groups is 1. The van der Waals surface area contributed by atoms with Crippen molar-refractivity contribution in [2.75, 3.05) is 28.7 Å². The number of hydrogen-bond acceptors (Lipinski definition) is 5. The molecule has 0 unspecified atom stereocenters. The van der Waals surface area contributed by atoms with E-state index in [-0.39, 0.29) is 24.5 Å². The number of carbonyl (C=O) groups excluding carboxylic acids is 1. The van der Waals surface area contributed by atoms with Crippen LogP contribution >= 0.6 is 11.8 Å². The van der Waals surface area contributed by atoms with Crippen molar-refractivity contribution in [1.82, 2.24) is 0 Å². The first-order valence-corrected chi connectivity index (χ1v) is 7.96. The molecule has 0 saturated carbocycles. The number of aliphatic hydroxyl groups is 1. The largest absolute Gasteiger partial charge is 0.441 e. The van der Waals surface area contributed by atoms with Crippen LogP contribution in [0, 0.1) is 11.6 Å². The second kappa shape index (κ2) is 6.59. The molecule has 2 aliphatic rings. The minimum absolute atomic E-state index is 0.0493. The highest BCUT2D eigenvalue weighted by Gasteiger charge is 2.33. The molecule has 2 heterocycles. The molecule has 1 atom stereocenters. The molecule has 5 nitrogen and oxygen atoms in total. The van der Waals surface area contributed by atoms with Crippen LogP contribution in [-0.2, 0) is 4.74 Å². The smallest absolute Gasteiger partial charge is 0.414 e. The van der Waals surface area contributed by atoms with Gasteiger partial charge in [0.2, 0.25) is 0 Å². The van der Waals surface area contributed by atoms with Crippen LogP contribution in [0.3, 0.4) is 0 Å². The predicted octanol–water partition coefficient (Wildman–Crippen LogP) is 2.82. The van der Waals surface area contributed by atoms with Gasteiger partial charge in [-0.3, -0.25) is 4.90 Å². The van der Waals surface area contributed by atoms with Crippen molar-refractivity contribution >= 4 is 29.2 Å². The molecule has 1 N–H and O–H groups in total. The van der Waals surface area contributed by atoms with Gasteiger partial charge in [0, 0.05) is 30.3 Å². The number of cyclic esters (lactones) is 1. The molecule has 0 radical (unpaired) electrons. The van der Waals surface area contributed by atoms with E-state index in [9.17, 15) is 13.6 Å². The predicted molar refractivity (Wildman–Crippen MR) is 84.3 cm³/mol. The van der Waals surface area contributed by atoms with Gasteiger partial charge >= 0.3 is 6.09 Å². The Balaban J connectivity index is 1.93. The standard InChI is InChI=1S/C15H14F2N2O3S/c16-12-6-10(19-8-11(9-20)22-15(19)21)7-13(17)14(12)18-2-1-4-23-5-3-18/h1-3,5-7,11,20H,4,8-9H2/t11-/m1/s1. The summed E-state index contributed by atoms with van der Waals surface area (Å²) in [7, 11) is 0. The van der Waals surface area contributed by atoms with Crippen molar-refractivity contribution in [2.45, 2.75) is 6.10 Å². The molecular formula is C15H14F2N2O3S. The Kier molecular flexibility index (Phi) is 4.53. The monoisotopic (exact) mass is 340 g/mol. The van der Waals surface area contributed by atoms with Gasteiger partial charge in [0.1, 0.15) is 11.8 Å². The summed E-state index contributed by atoms with van der Waals surface area (Å²) >= 11 is 1.51. The number of anilines is 2. The molecule has 1 aromatic carbocycles. The minimum Gasteiger partial charge on any atom is -0.441 e. The van der Waals surface area contributed by atoms with E-state index < -0.39 is 23.8 Å². The topological polar surface area (TPSA) is 53.0 Å². The Labute approximate surface area is 135 Å². The molecule has 3 rings (SSSR count). The van der Waals surface area contributed by atoms with Gasteiger partial charge in [-0.1, -0.05) is 6.08 Å². The number of rotatable bonds is 3. The zero-order valence-electron chi connectivity index (χ0n) is 12.0. The quantitative estimate of drug-likeness (QED) is 0.917. The third-order valence-corrected chi connectivity index (χ3v) is 4.12. The van der Waals surface area contributed by atoms with E-state index in [1.807, 2.05) is 0 Å². The van der Waals surface area contributed by atoms with E-state index in [1.54, 1.807) is 23.9 Å². The molecule has 0 spiro atoms. The number of hydrogen-bond donors (Lipinski definition) is 1. The number of thioether (sulfide) groups is 1. The van der Waals surface area contributed by atoms with Crippen LogP contribution in [0.2, 0.25) is 0 Å². The number of benzene rings is 1. The fraction of sp³-hybridized carbons (Fsp3) is 0.267. The lowest BCUT2D eigenvalue weighted by Gasteiger charge is -2.19. The molecule has 2 aliphatic heterocycles. The number of ether oxygens (including phenoxy) is 1. The Bertz CT molecular complexity index is 644. The summed E-state index contributed by atoms with van der Waals surface area (Å²) in [5, 5.41) is 10.8. The van der Waals surface area contributed by atoms with Gasteiger partial charge in [0.15, 0.2) is 11.6 Å². The maximum Gasteiger partial charge on any atom is 0.414 e. The molecule has 1 saturated heterocycles. The Morgan fingerprint density at radius 3 is 2.70 bits per heavy atom. The first-order chi connectivity index (χ1) is 11.1. The van der Waals surface area contributed by atoms with E-state index in [2.05, 4.69) is 0 Å². The lowest BCUT2D eigenvalue weighted by Crippen LogP contribution is -2.26. The normalized spacial score (nSPS) is 20.8. The molecule has 0 aliphatic carbocycles. The zero-order valence-corrected chi connectivity index (χ0v) is 12.8. The average molecular weight is 340 g/mol. The number of aliphatic hydroxyl groups excluding tert-OH is 1. The SMILES string of the molecule is O=C1O[C@@H](CO)CN1c1cc(F)c(N2C=CCSC=C2)c(F)c1. The van der Waals surface area contributed by atoms with Gasteiger partial charge in [0.05, 0.1) is 18.8 Å². The second-order valence-electron chi connectivity index (χ2n) is 4.97. The van der Waals surface area contributed by atoms with Crippen LogP contribution in [0.25, 0.3) is 0 Å². The highest BCUT2D eigenvalue weighted by molar-refractivity contribution is 8.02. The summed E-state index contributed by atoms with van der Waals surface area (Å²) in [5.74, 6) is -0.862. The Morgan fingerprint density at radius 2 is 2.04 bits per heavy atom. The van der Waals surface area contributed by atoms with E-state index in [4.69, 9.17) is 9.84 Å². The number of halogens is 2. The molecular weight excluding hydrogens is 326 g/mol. The van der Waals surface area contributed by atoms with Gasteiger partial charge in [-0.15, -0.1) is 11.8 Å². The van der Waals surface area contributed by atoms with E-state index >= 15 is 0 Å². The van der Waals surface area contributed by atoms with E-state index in [0.717, 1.165) is 22.8 Å². The number of nitrogens with zero attached hydrogens (tertiary/aromatic N) is 2. The van der Waals surface area contributed by atoms with Gasteiger partial charge in [0.25, 0.3) is 0 Å². The van der Waals surface area contributed by atoms with Crippen LogP contribution in [0.4, 0.5) is 25.0 Å². The van der Waals surface area contributed by atoms with Crippen molar-refractivity contribution < 1.29 is 23.4 Å². The summed E-state index contributed by atoms with van der Waals surface area (Å²) in [6.07, 6.45) is 3.52. The second-order valence-corrected chi connectivity index (χ2v) is 5.91. The van der Waals surface area contributed by atoms with Crippen molar-refractivity contribution in [3.05, 3.63) is 47.7 Å². The van der Waals surface area contributed by atoms with Gasteiger partial charge in [-0.25, -0.2) is 13.6 Å². The third kappa shape index (κ3) is 3.18. The highest BCUT2D eigenvalue weighted by Crippen LogP contribution is 2.32. The summed E-state index contributed by atoms with van der Waals surface area (Å²) in [6.45, 7) is -0.292. The highest BCUT2D eigenvalue weighted by atomic mass is 32.2. The molecule has 1 aromatic rings. The van der Waals surface area contributed by atoms with E-state index in [0.29, 0.717) is 0 Å². The molecule has 23 heavy (non-hydrogen) atoms. The van der Waals surface area contributed by atoms with Crippen LogP contribution < -0.4 is 9.80 Å². The first-order valence-electron chi connectivity index (χ1n) is 6.91. The Morgan fingerprint density at radius 1 is 1.30 bits per heavy atom. The van der Waals surface area contributed by atoms with Crippen molar-refractivity contribution in [1.29, 1.82) is 0 Å². The van der Waals surface area contributed by atoms with Gasteiger partial charge < -0.3 is 14.7 Å². The molecule has 122 valence electrons. The summed E-state index contributed by atoms with van der Waals surface area (Å²) in [4.78, 5) is 14.2. The van der Waals surface area contributed by atoms with Gasteiger partial charge in [-0.05, 0) is 5.41 Å². The van der Waals surface area contributed by atoms with Crippen molar-refractivity contribution in [2.24, 2.45) is 0 Å². The van der Waals surface area contributed by atoms with Crippen LogP contribution in [0.5, 0.6) is 0 Å². The summed E-state index contributed by atoms with van der Waals surface area (Å²) in [6, 6.07) is 2.16.